The van der Waals surface area contributed by atoms with Gasteiger partial charge in [0.2, 0.25) is 0 Å². The summed E-state index contributed by atoms with van der Waals surface area (Å²) in [5, 5.41) is 1.15. The van der Waals surface area contributed by atoms with Crippen LogP contribution in [0.25, 0.3) is 6.08 Å². The highest BCUT2D eigenvalue weighted by atomic mass is 35.5. The normalized spacial score (nSPS) is 15.0. The molecule has 3 aromatic carbocycles. The first-order valence-electron chi connectivity index (χ1n) is 9.57. The van der Waals surface area contributed by atoms with Crippen molar-refractivity contribution in [2.45, 2.75) is 13.2 Å². The number of benzene rings is 3. The molecule has 162 valence electrons. The first-order valence-corrected chi connectivity index (χ1v) is 11.5. The molecule has 8 heteroatoms. The van der Waals surface area contributed by atoms with E-state index >= 15 is 0 Å². The molecule has 1 fully saturated rings. The lowest BCUT2D eigenvalue weighted by atomic mass is 10.1. The summed E-state index contributed by atoms with van der Waals surface area (Å²) < 4.78 is 5.95. The van der Waals surface area contributed by atoms with Crippen LogP contribution >= 0.6 is 46.6 Å². The van der Waals surface area contributed by atoms with Crippen molar-refractivity contribution in [2.24, 2.45) is 0 Å². The number of hydrogen-bond donors (Lipinski definition) is 0. The van der Waals surface area contributed by atoms with Crippen LogP contribution in [0, 0.1) is 0 Å². The van der Waals surface area contributed by atoms with Gasteiger partial charge in [0.1, 0.15) is 12.4 Å². The number of amides is 2. The van der Waals surface area contributed by atoms with Crippen LogP contribution in [0.2, 0.25) is 15.1 Å². The van der Waals surface area contributed by atoms with Gasteiger partial charge in [0.15, 0.2) is 0 Å². The lowest BCUT2D eigenvalue weighted by molar-refractivity contribution is -0.123. The van der Waals surface area contributed by atoms with E-state index in [9.17, 15) is 9.59 Å². The molecular formula is C24H16Cl3NO3S. The molecule has 4 rings (SSSR count). The highest BCUT2D eigenvalue weighted by molar-refractivity contribution is 8.18. The van der Waals surface area contributed by atoms with Crippen LogP contribution < -0.4 is 4.74 Å². The molecule has 0 spiro atoms. The summed E-state index contributed by atoms with van der Waals surface area (Å²) in [7, 11) is 0. The van der Waals surface area contributed by atoms with Crippen molar-refractivity contribution in [2.75, 3.05) is 0 Å². The molecule has 2 amide bonds. The molecule has 3 aromatic rings. The zero-order chi connectivity index (χ0) is 22.7. The van der Waals surface area contributed by atoms with E-state index in [1.165, 1.54) is 4.90 Å². The average Bonchev–Trinajstić information content (AvgIpc) is 3.03. The molecular weight excluding hydrogens is 489 g/mol. The van der Waals surface area contributed by atoms with Crippen molar-refractivity contribution in [1.82, 2.24) is 4.90 Å². The van der Waals surface area contributed by atoms with Crippen LogP contribution in [-0.2, 0) is 17.9 Å². The maximum Gasteiger partial charge on any atom is 0.293 e. The number of halogens is 3. The van der Waals surface area contributed by atoms with Gasteiger partial charge in [-0.3, -0.25) is 14.5 Å². The van der Waals surface area contributed by atoms with Gasteiger partial charge < -0.3 is 4.74 Å². The van der Waals surface area contributed by atoms with Crippen LogP contribution in [0.1, 0.15) is 16.7 Å². The first-order chi connectivity index (χ1) is 15.4. The monoisotopic (exact) mass is 503 g/mol. The molecule has 1 aliphatic heterocycles. The van der Waals surface area contributed by atoms with E-state index < -0.39 is 0 Å². The number of rotatable bonds is 6. The molecule has 4 nitrogen and oxygen atoms in total. The van der Waals surface area contributed by atoms with Crippen LogP contribution in [-0.4, -0.2) is 16.0 Å². The minimum Gasteiger partial charge on any atom is -0.488 e. The van der Waals surface area contributed by atoms with Gasteiger partial charge in [-0.2, -0.15) is 0 Å². The molecule has 1 aliphatic rings. The van der Waals surface area contributed by atoms with E-state index in [0.717, 1.165) is 17.3 Å². The number of ether oxygens (including phenoxy) is 1. The van der Waals surface area contributed by atoms with E-state index in [4.69, 9.17) is 39.5 Å². The van der Waals surface area contributed by atoms with E-state index in [2.05, 4.69) is 0 Å². The Bertz CT molecular complexity index is 1230. The Labute approximate surface area is 204 Å². The molecule has 0 aromatic heterocycles. The fourth-order valence-corrected chi connectivity index (χ4v) is 4.59. The fraction of sp³-hybridized carbons (Fsp3) is 0.0833. The Balaban J connectivity index is 1.53. The topological polar surface area (TPSA) is 46.6 Å². The van der Waals surface area contributed by atoms with Crippen molar-refractivity contribution in [3.8, 4) is 5.75 Å². The van der Waals surface area contributed by atoms with Crippen molar-refractivity contribution >= 4 is 63.8 Å². The fourth-order valence-electron chi connectivity index (χ4n) is 3.10. The lowest BCUT2D eigenvalue weighted by Gasteiger charge is -2.14. The Morgan fingerprint density at radius 1 is 0.875 bits per heavy atom. The number of hydrogen-bond acceptors (Lipinski definition) is 4. The van der Waals surface area contributed by atoms with Crippen LogP contribution in [0.15, 0.2) is 71.6 Å². The standard InChI is InChI=1S/C24H16Cl3NO3S/c25-18-10-9-16(20(27)12-18)13-28-23(29)22(32-24(28)30)11-15-5-2-4-8-21(15)31-14-17-6-1-3-7-19(17)26/h1-12H,13-14H2/b22-11-. The molecule has 1 heterocycles. The molecule has 0 aliphatic carbocycles. The highest BCUT2D eigenvalue weighted by Gasteiger charge is 2.35. The van der Waals surface area contributed by atoms with Gasteiger partial charge in [-0.1, -0.05) is 77.3 Å². The second-order valence-corrected chi connectivity index (χ2v) is 9.17. The van der Waals surface area contributed by atoms with Crippen molar-refractivity contribution in [3.63, 3.8) is 0 Å². The minimum atomic E-state index is -0.382. The maximum absolute atomic E-state index is 12.9. The summed E-state index contributed by atoms with van der Waals surface area (Å²) in [5.41, 5.74) is 2.18. The predicted octanol–water partition coefficient (Wildman–Crippen LogP) is 7.46. The van der Waals surface area contributed by atoms with E-state index in [-0.39, 0.29) is 24.3 Å². The Morgan fingerprint density at radius 3 is 2.41 bits per heavy atom. The molecule has 0 saturated carbocycles. The minimum absolute atomic E-state index is 0.0721. The Hall–Kier alpha value is -2.44. The summed E-state index contributed by atoms with van der Waals surface area (Å²) in [4.78, 5) is 26.9. The zero-order valence-electron chi connectivity index (χ0n) is 16.6. The number of imide groups is 1. The van der Waals surface area contributed by atoms with Crippen molar-refractivity contribution in [3.05, 3.63) is 103 Å². The molecule has 32 heavy (non-hydrogen) atoms. The smallest absolute Gasteiger partial charge is 0.293 e. The predicted molar refractivity (Wildman–Crippen MR) is 130 cm³/mol. The summed E-state index contributed by atoms with van der Waals surface area (Å²) in [6, 6.07) is 19.7. The number of nitrogens with zero attached hydrogens (tertiary/aromatic N) is 1. The summed E-state index contributed by atoms with van der Waals surface area (Å²) in [6.45, 7) is 0.351. The van der Waals surface area contributed by atoms with Gasteiger partial charge in [0, 0.05) is 26.2 Å². The third-order valence-electron chi connectivity index (χ3n) is 4.76. The van der Waals surface area contributed by atoms with Crippen molar-refractivity contribution in [1.29, 1.82) is 0 Å². The number of carbonyl (C=O) groups excluding carboxylic acids is 2. The molecule has 0 bridgehead atoms. The number of thioether (sulfide) groups is 1. The first kappa shape index (κ1) is 22.7. The third-order valence-corrected chi connectivity index (χ3v) is 6.63. The maximum atomic E-state index is 12.9. The van der Waals surface area contributed by atoms with Gasteiger partial charge in [-0.25, -0.2) is 0 Å². The second-order valence-electron chi connectivity index (χ2n) is 6.92. The van der Waals surface area contributed by atoms with Gasteiger partial charge in [0.05, 0.1) is 11.4 Å². The molecule has 0 N–H and O–H groups in total. The quantitative estimate of drug-likeness (QED) is 0.327. The summed E-state index contributed by atoms with van der Waals surface area (Å²) in [6.07, 6.45) is 1.66. The Morgan fingerprint density at radius 2 is 1.62 bits per heavy atom. The van der Waals surface area contributed by atoms with E-state index in [1.54, 1.807) is 36.4 Å². The molecule has 0 radical (unpaired) electrons. The van der Waals surface area contributed by atoms with Gasteiger partial charge in [-0.05, 0) is 47.7 Å². The second kappa shape index (κ2) is 10.0. The molecule has 0 unspecified atom stereocenters. The Kier molecular flexibility index (Phi) is 7.11. The van der Waals surface area contributed by atoms with E-state index in [1.807, 2.05) is 36.4 Å². The number of para-hydroxylation sites is 1. The van der Waals surface area contributed by atoms with Gasteiger partial charge in [-0.15, -0.1) is 0 Å². The van der Waals surface area contributed by atoms with Gasteiger partial charge in [0.25, 0.3) is 11.1 Å². The van der Waals surface area contributed by atoms with Crippen molar-refractivity contribution < 1.29 is 14.3 Å². The summed E-state index contributed by atoms with van der Waals surface area (Å²) >= 11 is 19.2. The van der Waals surface area contributed by atoms with Crippen LogP contribution in [0.3, 0.4) is 0 Å². The van der Waals surface area contributed by atoms with Crippen LogP contribution in [0.5, 0.6) is 5.75 Å². The lowest BCUT2D eigenvalue weighted by Crippen LogP contribution is -2.27. The SMILES string of the molecule is O=C1S/C(=C\c2ccccc2OCc2ccccc2Cl)C(=O)N1Cc1ccc(Cl)cc1Cl. The largest absolute Gasteiger partial charge is 0.488 e. The highest BCUT2D eigenvalue weighted by Crippen LogP contribution is 2.36. The molecule has 1 saturated heterocycles. The average molecular weight is 505 g/mol. The molecule has 0 atom stereocenters. The zero-order valence-corrected chi connectivity index (χ0v) is 19.6. The van der Waals surface area contributed by atoms with E-state index in [0.29, 0.717) is 36.8 Å². The van der Waals surface area contributed by atoms with Crippen LogP contribution in [0.4, 0.5) is 4.79 Å². The van der Waals surface area contributed by atoms with Gasteiger partial charge >= 0.3 is 0 Å². The summed E-state index contributed by atoms with van der Waals surface area (Å²) in [5.74, 6) is 0.201. The third kappa shape index (κ3) is 5.13. The number of carbonyl (C=O) groups is 2.